The minimum Gasteiger partial charge on any atom is -0.165 e. The fourth-order valence-electron chi connectivity index (χ4n) is 2.25. The molecule has 0 aliphatic rings. The molecular weight excluding hydrogens is 355 g/mol. The average molecular weight is 379 g/mol. The molecule has 0 bridgehead atoms. The summed E-state index contributed by atoms with van der Waals surface area (Å²) in [5, 5.41) is 2.69. The molecule has 0 fully saturated rings. The van der Waals surface area contributed by atoms with E-state index in [0.717, 1.165) is 11.1 Å². The van der Waals surface area contributed by atoms with Gasteiger partial charge in [0.2, 0.25) is 0 Å². The first-order chi connectivity index (χ1) is 10.5. The summed E-state index contributed by atoms with van der Waals surface area (Å²) >= 11 is 0. The van der Waals surface area contributed by atoms with Crippen LogP contribution in [0.4, 0.5) is 0 Å². The van der Waals surface area contributed by atoms with E-state index in [9.17, 15) is 0 Å². The van der Waals surface area contributed by atoms with Crippen molar-refractivity contribution < 1.29 is 26.2 Å². The molecule has 0 aromatic heterocycles. The minimum absolute atomic E-state index is 0. The predicted octanol–water partition coefficient (Wildman–Crippen LogP) is 6.67. The number of hydrogen-bond donors (Lipinski definition) is 0. The van der Waals surface area contributed by atoms with Crippen molar-refractivity contribution in [1.29, 1.82) is 0 Å². The van der Waals surface area contributed by atoms with E-state index >= 15 is 0 Å². The van der Waals surface area contributed by atoms with Gasteiger partial charge in [-0.15, -0.1) is 34.5 Å². The van der Waals surface area contributed by atoms with Gasteiger partial charge in [0.1, 0.15) is 0 Å². The molecule has 23 heavy (non-hydrogen) atoms. The molecule has 0 aliphatic heterocycles. The smallest absolute Gasteiger partial charge is 0 e. The molecule has 0 aliphatic carbocycles. The Labute approximate surface area is 159 Å². The van der Waals surface area contributed by atoms with E-state index in [0.29, 0.717) is 0 Å². The van der Waals surface area contributed by atoms with Crippen LogP contribution >= 0.6 is 0 Å². The molecule has 0 radical (unpaired) electrons. The second-order valence-corrected chi connectivity index (χ2v) is 5.77. The predicted molar refractivity (Wildman–Crippen MR) is 99.3 cm³/mol. The number of rotatable bonds is 2. The third-order valence-corrected chi connectivity index (χ3v) is 3.71. The third kappa shape index (κ3) is 5.22. The third-order valence-electron chi connectivity index (χ3n) is 3.71. The van der Waals surface area contributed by atoms with Gasteiger partial charge in [0.25, 0.3) is 0 Å². The fourth-order valence-corrected chi connectivity index (χ4v) is 2.25. The van der Waals surface area contributed by atoms with Crippen molar-refractivity contribution >= 4 is 10.8 Å². The zero-order valence-corrected chi connectivity index (χ0v) is 16.6. The SMILES string of the molecule is C=C(C)C(=C)C.Cc1cc2c(-c3ccccc3)cccc2[cH-]1.[Zr]. The molecule has 3 rings (SSSR count). The summed E-state index contributed by atoms with van der Waals surface area (Å²) in [6.45, 7) is 13.4. The van der Waals surface area contributed by atoms with E-state index in [1.165, 1.54) is 27.5 Å². The molecule has 0 nitrogen and oxygen atoms in total. The first-order valence-corrected chi connectivity index (χ1v) is 7.52. The van der Waals surface area contributed by atoms with Crippen LogP contribution in [0.5, 0.6) is 0 Å². The summed E-state index contributed by atoms with van der Waals surface area (Å²) in [6.07, 6.45) is 0. The van der Waals surface area contributed by atoms with E-state index in [4.69, 9.17) is 0 Å². The Morgan fingerprint density at radius 2 is 1.48 bits per heavy atom. The Bertz CT molecular complexity index is 779. The second kappa shape index (κ2) is 8.89. The van der Waals surface area contributed by atoms with Crippen molar-refractivity contribution in [3.63, 3.8) is 0 Å². The Morgan fingerprint density at radius 1 is 0.870 bits per heavy atom. The summed E-state index contributed by atoms with van der Waals surface area (Å²) in [6, 6.07) is 21.6. The molecule has 0 spiro atoms. The van der Waals surface area contributed by atoms with Gasteiger partial charge in [0, 0.05) is 26.2 Å². The molecule has 116 valence electrons. The molecule has 3 aromatic rings. The van der Waals surface area contributed by atoms with Gasteiger partial charge in [0.05, 0.1) is 0 Å². The zero-order chi connectivity index (χ0) is 16.1. The molecule has 0 heterocycles. The largest absolute Gasteiger partial charge is 0.165 e. The quantitative estimate of drug-likeness (QED) is 0.345. The summed E-state index contributed by atoms with van der Waals surface area (Å²) in [4.78, 5) is 0. The number of aryl methyl sites for hydroxylation is 1. The van der Waals surface area contributed by atoms with Crippen LogP contribution in [0.3, 0.4) is 0 Å². The molecule has 3 aromatic carbocycles. The molecule has 0 saturated heterocycles. The van der Waals surface area contributed by atoms with Crippen molar-refractivity contribution in [1.82, 2.24) is 0 Å². The summed E-state index contributed by atoms with van der Waals surface area (Å²) in [5.41, 5.74) is 6.08. The van der Waals surface area contributed by atoms with E-state index in [1.807, 2.05) is 13.8 Å². The first-order valence-electron chi connectivity index (χ1n) is 7.52. The van der Waals surface area contributed by atoms with Gasteiger partial charge in [-0.2, -0.15) is 6.07 Å². The molecule has 0 atom stereocenters. The Balaban J connectivity index is 0.000000330. The maximum absolute atomic E-state index is 3.66. The fraction of sp³-hybridized carbons (Fsp3) is 0.136. The van der Waals surface area contributed by atoms with Crippen LogP contribution < -0.4 is 0 Å². The van der Waals surface area contributed by atoms with E-state index in [1.54, 1.807) is 0 Å². The normalized spacial score (nSPS) is 9.52. The Morgan fingerprint density at radius 3 is 2.04 bits per heavy atom. The number of fused-ring (bicyclic) bond motifs is 1. The average Bonchev–Trinajstić information content (AvgIpc) is 2.88. The minimum atomic E-state index is 0. The molecule has 0 amide bonds. The number of benzene rings is 2. The van der Waals surface area contributed by atoms with Gasteiger partial charge in [-0.1, -0.05) is 73.2 Å². The second-order valence-electron chi connectivity index (χ2n) is 5.77. The van der Waals surface area contributed by atoms with Crippen LogP contribution in [0.1, 0.15) is 19.4 Å². The van der Waals surface area contributed by atoms with Crippen molar-refractivity contribution in [2.45, 2.75) is 20.8 Å². The Kier molecular flexibility index (Phi) is 7.52. The molecular formula is C22H23Zr-. The van der Waals surface area contributed by atoms with Crippen LogP contribution in [0, 0.1) is 6.92 Å². The van der Waals surface area contributed by atoms with Crippen molar-refractivity contribution in [2.24, 2.45) is 0 Å². The van der Waals surface area contributed by atoms with Gasteiger partial charge in [-0.05, 0) is 19.4 Å². The van der Waals surface area contributed by atoms with Crippen LogP contribution in [-0.4, -0.2) is 0 Å². The summed E-state index contributed by atoms with van der Waals surface area (Å²) in [5.74, 6) is 0. The van der Waals surface area contributed by atoms with E-state index in [-0.39, 0.29) is 26.2 Å². The molecule has 1 heteroatoms. The van der Waals surface area contributed by atoms with E-state index < -0.39 is 0 Å². The Hall–Kier alpha value is -1.59. The zero-order valence-electron chi connectivity index (χ0n) is 14.2. The molecule has 0 N–H and O–H groups in total. The maximum atomic E-state index is 3.66. The standard InChI is InChI=1S/C16H13.C6H10.Zr/c1-12-10-14-8-5-9-15(16(14)11-12)13-6-3-2-4-7-13;1-5(2)6(3)4;/h2-11H,1H3;1,3H2,2,4H3;/q-1;;. The summed E-state index contributed by atoms with van der Waals surface area (Å²) < 4.78 is 0. The van der Waals surface area contributed by atoms with Crippen LogP contribution in [-0.2, 0) is 26.2 Å². The first kappa shape index (κ1) is 19.5. The van der Waals surface area contributed by atoms with Crippen LogP contribution in [0.2, 0.25) is 0 Å². The molecule has 0 saturated carbocycles. The maximum Gasteiger partial charge on any atom is 0 e. The van der Waals surface area contributed by atoms with Crippen molar-refractivity contribution in [2.75, 3.05) is 0 Å². The van der Waals surface area contributed by atoms with Gasteiger partial charge in [0.15, 0.2) is 0 Å². The van der Waals surface area contributed by atoms with Crippen molar-refractivity contribution in [3.05, 3.63) is 90.5 Å². The van der Waals surface area contributed by atoms with Crippen LogP contribution in [0.25, 0.3) is 21.9 Å². The number of allylic oxidation sites excluding steroid dienone is 2. The topological polar surface area (TPSA) is 0 Å². The monoisotopic (exact) mass is 377 g/mol. The van der Waals surface area contributed by atoms with Gasteiger partial charge in [-0.3, -0.25) is 0 Å². The van der Waals surface area contributed by atoms with Crippen molar-refractivity contribution in [3.8, 4) is 11.1 Å². The van der Waals surface area contributed by atoms with Gasteiger partial charge in [-0.25, -0.2) is 0 Å². The van der Waals surface area contributed by atoms with Crippen LogP contribution in [0.15, 0.2) is 85.0 Å². The van der Waals surface area contributed by atoms with E-state index in [2.05, 4.69) is 80.7 Å². The number of hydrogen-bond acceptors (Lipinski definition) is 0. The van der Waals surface area contributed by atoms with Gasteiger partial charge >= 0.3 is 0 Å². The molecule has 0 unspecified atom stereocenters. The summed E-state index contributed by atoms with van der Waals surface area (Å²) in [7, 11) is 0. The van der Waals surface area contributed by atoms with Gasteiger partial charge < -0.3 is 0 Å².